The SMILES string of the molecule is C[C](O)C(c1cc(C(C)(C)O)c(Cl)c(-c2ccc(F)cc2)n1)C(C)(C)C. The summed E-state index contributed by atoms with van der Waals surface area (Å²) < 4.78 is 13.3. The van der Waals surface area contributed by atoms with E-state index in [0.717, 1.165) is 0 Å². The normalized spacial score (nSPS) is 14.0. The third kappa shape index (κ3) is 4.43. The van der Waals surface area contributed by atoms with Crippen LogP contribution in [0.15, 0.2) is 30.3 Å². The van der Waals surface area contributed by atoms with Gasteiger partial charge in [-0.05, 0) is 56.5 Å². The molecule has 1 radical (unpaired) electrons. The quantitative estimate of drug-likeness (QED) is 0.704. The fourth-order valence-corrected chi connectivity index (χ4v) is 3.66. The first-order chi connectivity index (χ1) is 11.8. The van der Waals surface area contributed by atoms with Crippen molar-refractivity contribution in [2.24, 2.45) is 5.41 Å². The maximum atomic E-state index is 13.3. The second-order valence-corrected chi connectivity index (χ2v) is 8.64. The first kappa shape index (κ1) is 20.8. The Bertz CT molecular complexity index is 774. The van der Waals surface area contributed by atoms with Crippen LogP contribution in [-0.2, 0) is 5.60 Å². The summed E-state index contributed by atoms with van der Waals surface area (Å²) in [7, 11) is 0. The van der Waals surface area contributed by atoms with Crippen molar-refractivity contribution in [1.82, 2.24) is 4.98 Å². The van der Waals surface area contributed by atoms with E-state index in [4.69, 9.17) is 11.6 Å². The van der Waals surface area contributed by atoms with Crippen molar-refractivity contribution in [3.8, 4) is 11.3 Å². The van der Waals surface area contributed by atoms with Crippen molar-refractivity contribution >= 4 is 11.6 Å². The number of halogens is 2. The van der Waals surface area contributed by atoms with E-state index in [1.165, 1.54) is 12.1 Å². The zero-order chi connectivity index (χ0) is 19.9. The molecule has 3 nitrogen and oxygen atoms in total. The molecule has 0 spiro atoms. The lowest BCUT2D eigenvalue weighted by Crippen LogP contribution is -2.26. The highest BCUT2D eigenvalue weighted by atomic mass is 35.5. The molecule has 5 heteroatoms. The van der Waals surface area contributed by atoms with Crippen LogP contribution in [0.3, 0.4) is 0 Å². The molecule has 0 amide bonds. The van der Waals surface area contributed by atoms with Crippen LogP contribution in [-0.4, -0.2) is 15.2 Å². The van der Waals surface area contributed by atoms with Crippen LogP contribution < -0.4 is 0 Å². The summed E-state index contributed by atoms with van der Waals surface area (Å²) in [5.74, 6) is -0.698. The Balaban J connectivity index is 2.78. The average molecular weight is 379 g/mol. The van der Waals surface area contributed by atoms with Gasteiger partial charge >= 0.3 is 0 Å². The van der Waals surface area contributed by atoms with Crippen LogP contribution >= 0.6 is 11.6 Å². The van der Waals surface area contributed by atoms with E-state index >= 15 is 0 Å². The molecule has 0 aliphatic heterocycles. The maximum absolute atomic E-state index is 13.3. The van der Waals surface area contributed by atoms with Gasteiger partial charge in [-0.2, -0.15) is 0 Å². The predicted octanol–water partition coefficient (Wildman–Crippen LogP) is 5.82. The van der Waals surface area contributed by atoms with Crippen molar-refractivity contribution in [3.63, 3.8) is 0 Å². The largest absolute Gasteiger partial charge is 0.386 e. The number of aliphatic hydroxyl groups is 2. The molecule has 1 aromatic heterocycles. The van der Waals surface area contributed by atoms with Gasteiger partial charge in [-0.15, -0.1) is 0 Å². The minimum atomic E-state index is -1.20. The second-order valence-electron chi connectivity index (χ2n) is 8.26. The van der Waals surface area contributed by atoms with Gasteiger partial charge in [0.15, 0.2) is 0 Å². The molecule has 0 aliphatic rings. The Kier molecular flexibility index (Phi) is 5.81. The minimum absolute atomic E-state index is 0.235. The molecule has 0 bridgehead atoms. The van der Waals surface area contributed by atoms with Gasteiger partial charge in [0.05, 0.1) is 22.4 Å². The van der Waals surface area contributed by atoms with E-state index in [-0.39, 0.29) is 23.3 Å². The number of hydrogen-bond donors (Lipinski definition) is 2. The molecular weight excluding hydrogens is 353 g/mol. The van der Waals surface area contributed by atoms with E-state index in [1.807, 2.05) is 20.8 Å². The smallest absolute Gasteiger partial charge is 0.123 e. The predicted molar refractivity (Wildman–Crippen MR) is 103 cm³/mol. The maximum Gasteiger partial charge on any atom is 0.123 e. The van der Waals surface area contributed by atoms with Gasteiger partial charge in [0.1, 0.15) is 5.82 Å². The zero-order valence-electron chi connectivity index (χ0n) is 16.1. The van der Waals surface area contributed by atoms with Crippen LogP contribution in [0, 0.1) is 17.3 Å². The topological polar surface area (TPSA) is 53.4 Å². The lowest BCUT2D eigenvalue weighted by atomic mass is 9.75. The molecule has 1 unspecified atom stereocenters. The molecule has 141 valence electrons. The molecular formula is C21H26ClFNO2. The van der Waals surface area contributed by atoms with Crippen LogP contribution in [0.5, 0.6) is 0 Å². The summed E-state index contributed by atoms with van der Waals surface area (Å²) in [6.07, 6.45) is 0.235. The Hall–Kier alpha value is -1.49. The average Bonchev–Trinajstić information content (AvgIpc) is 2.46. The van der Waals surface area contributed by atoms with Gasteiger partial charge in [0.2, 0.25) is 0 Å². The summed E-state index contributed by atoms with van der Waals surface area (Å²) in [5.41, 5.74) is 0.729. The van der Waals surface area contributed by atoms with Gasteiger partial charge in [-0.25, -0.2) is 4.39 Å². The van der Waals surface area contributed by atoms with Crippen molar-refractivity contribution in [1.29, 1.82) is 0 Å². The highest BCUT2D eigenvalue weighted by Crippen LogP contribution is 2.44. The van der Waals surface area contributed by atoms with Crippen molar-refractivity contribution in [3.05, 3.63) is 58.5 Å². The lowest BCUT2D eigenvalue weighted by molar-refractivity contribution is 0.0783. The van der Waals surface area contributed by atoms with Crippen molar-refractivity contribution in [2.45, 2.75) is 53.1 Å². The molecule has 1 heterocycles. The molecule has 2 aromatic rings. The standard InChI is InChI=1S/C21H26ClFNO2/c1-12(25)17(20(2,3)4)16-11-15(21(5,6)26)18(22)19(24-16)13-7-9-14(23)10-8-13/h7-11,17,25-26H,1-6H3. The lowest BCUT2D eigenvalue weighted by Gasteiger charge is -2.33. The Morgan fingerprint density at radius 3 is 2.08 bits per heavy atom. The molecule has 26 heavy (non-hydrogen) atoms. The van der Waals surface area contributed by atoms with Gasteiger partial charge in [-0.1, -0.05) is 32.4 Å². The summed E-state index contributed by atoms with van der Waals surface area (Å²) >= 11 is 6.55. The van der Waals surface area contributed by atoms with E-state index < -0.39 is 5.60 Å². The number of benzene rings is 1. The third-order valence-corrected chi connectivity index (χ3v) is 4.72. The van der Waals surface area contributed by atoms with Crippen LogP contribution in [0.1, 0.15) is 58.7 Å². The third-order valence-electron chi connectivity index (χ3n) is 4.33. The van der Waals surface area contributed by atoms with E-state index in [0.29, 0.717) is 27.5 Å². The molecule has 0 saturated heterocycles. The van der Waals surface area contributed by atoms with Gasteiger partial charge in [0, 0.05) is 22.7 Å². The molecule has 0 saturated carbocycles. The fraction of sp³-hybridized carbons (Fsp3) is 0.429. The summed E-state index contributed by atoms with van der Waals surface area (Å²) in [5, 5.41) is 21.2. The zero-order valence-corrected chi connectivity index (χ0v) is 16.8. The van der Waals surface area contributed by atoms with Crippen LogP contribution in [0.25, 0.3) is 11.3 Å². The number of aromatic nitrogens is 1. The molecule has 0 aliphatic carbocycles. The van der Waals surface area contributed by atoms with Crippen LogP contribution in [0.2, 0.25) is 5.02 Å². The van der Waals surface area contributed by atoms with Gasteiger partial charge < -0.3 is 10.2 Å². The van der Waals surface area contributed by atoms with E-state index in [1.54, 1.807) is 39.0 Å². The molecule has 2 rings (SSSR count). The fourth-order valence-electron chi connectivity index (χ4n) is 3.23. The highest BCUT2D eigenvalue weighted by molar-refractivity contribution is 6.34. The van der Waals surface area contributed by atoms with Crippen molar-refractivity contribution < 1.29 is 14.6 Å². The number of pyridine rings is 1. The Morgan fingerprint density at radius 2 is 1.65 bits per heavy atom. The second kappa shape index (κ2) is 7.26. The van der Waals surface area contributed by atoms with Gasteiger partial charge in [-0.3, -0.25) is 4.98 Å². The van der Waals surface area contributed by atoms with Gasteiger partial charge in [0.25, 0.3) is 0 Å². The molecule has 2 N–H and O–H groups in total. The molecule has 1 aromatic carbocycles. The Labute approximate surface area is 159 Å². The number of aliphatic hydroxyl groups excluding tert-OH is 1. The molecule has 1 atom stereocenters. The van der Waals surface area contributed by atoms with Crippen molar-refractivity contribution in [2.75, 3.05) is 0 Å². The number of rotatable bonds is 4. The Morgan fingerprint density at radius 1 is 1.12 bits per heavy atom. The highest BCUT2D eigenvalue weighted by Gasteiger charge is 2.34. The number of nitrogens with zero attached hydrogens (tertiary/aromatic N) is 1. The van der Waals surface area contributed by atoms with E-state index in [2.05, 4.69) is 4.98 Å². The first-order valence-corrected chi connectivity index (χ1v) is 8.92. The van der Waals surface area contributed by atoms with Crippen LogP contribution in [0.4, 0.5) is 4.39 Å². The minimum Gasteiger partial charge on any atom is -0.386 e. The summed E-state index contributed by atoms with van der Waals surface area (Å²) in [4.78, 5) is 4.69. The first-order valence-electron chi connectivity index (χ1n) is 8.54. The molecule has 0 fully saturated rings. The van der Waals surface area contributed by atoms with E-state index in [9.17, 15) is 14.6 Å². The summed E-state index contributed by atoms with van der Waals surface area (Å²) in [6, 6.07) is 7.63. The monoisotopic (exact) mass is 378 g/mol. The summed E-state index contributed by atoms with van der Waals surface area (Å²) in [6.45, 7) is 11.0. The number of hydrogen-bond acceptors (Lipinski definition) is 3.